The SMILES string of the molecule is O=C(CN1CCCC1c1cccc2ccccc12)N1CCCC1. The highest BCUT2D eigenvalue weighted by atomic mass is 16.2. The molecule has 1 unspecified atom stereocenters. The molecule has 0 aliphatic carbocycles. The Morgan fingerprint density at radius 1 is 0.957 bits per heavy atom. The van der Waals surface area contributed by atoms with E-state index >= 15 is 0 Å². The largest absolute Gasteiger partial charge is 0.342 e. The predicted octanol–water partition coefficient (Wildman–Crippen LogP) is 3.60. The van der Waals surface area contributed by atoms with E-state index in [0.717, 1.165) is 26.1 Å². The third kappa shape index (κ3) is 2.86. The monoisotopic (exact) mass is 308 g/mol. The highest BCUT2D eigenvalue weighted by Crippen LogP contribution is 2.35. The van der Waals surface area contributed by atoms with Gasteiger partial charge in [0.1, 0.15) is 0 Å². The minimum atomic E-state index is 0.314. The molecule has 0 saturated carbocycles. The Balaban J connectivity index is 1.58. The third-order valence-corrected chi connectivity index (χ3v) is 5.34. The van der Waals surface area contributed by atoms with Gasteiger partial charge in [0.05, 0.1) is 6.54 Å². The van der Waals surface area contributed by atoms with Crippen LogP contribution in [0.1, 0.15) is 37.3 Å². The molecule has 0 aromatic heterocycles. The highest BCUT2D eigenvalue weighted by molar-refractivity contribution is 5.86. The molecule has 0 bridgehead atoms. The van der Waals surface area contributed by atoms with Gasteiger partial charge < -0.3 is 4.90 Å². The second kappa shape index (κ2) is 6.32. The van der Waals surface area contributed by atoms with Gasteiger partial charge in [0, 0.05) is 19.1 Å². The first-order valence-electron chi connectivity index (χ1n) is 8.82. The normalized spacial score (nSPS) is 22.1. The molecule has 2 aromatic carbocycles. The fraction of sp³-hybridized carbons (Fsp3) is 0.450. The number of fused-ring (bicyclic) bond motifs is 1. The van der Waals surface area contributed by atoms with Gasteiger partial charge in [0.25, 0.3) is 0 Å². The lowest BCUT2D eigenvalue weighted by molar-refractivity contribution is -0.131. The van der Waals surface area contributed by atoms with Gasteiger partial charge in [-0.3, -0.25) is 9.69 Å². The molecule has 4 rings (SSSR count). The van der Waals surface area contributed by atoms with Crippen LogP contribution in [0.4, 0.5) is 0 Å². The third-order valence-electron chi connectivity index (χ3n) is 5.34. The van der Waals surface area contributed by atoms with Crippen molar-refractivity contribution in [3.63, 3.8) is 0 Å². The van der Waals surface area contributed by atoms with E-state index in [0.29, 0.717) is 18.5 Å². The molecule has 2 aliphatic rings. The number of hydrogen-bond acceptors (Lipinski definition) is 2. The van der Waals surface area contributed by atoms with Crippen LogP contribution in [-0.4, -0.2) is 41.9 Å². The summed E-state index contributed by atoms with van der Waals surface area (Å²) in [7, 11) is 0. The summed E-state index contributed by atoms with van der Waals surface area (Å²) in [5.41, 5.74) is 1.38. The van der Waals surface area contributed by atoms with E-state index in [9.17, 15) is 4.79 Å². The van der Waals surface area contributed by atoms with E-state index in [2.05, 4.69) is 47.4 Å². The highest BCUT2D eigenvalue weighted by Gasteiger charge is 2.30. The number of rotatable bonds is 3. The van der Waals surface area contributed by atoms with Crippen LogP contribution in [0.2, 0.25) is 0 Å². The topological polar surface area (TPSA) is 23.6 Å². The zero-order valence-corrected chi connectivity index (χ0v) is 13.6. The van der Waals surface area contributed by atoms with Gasteiger partial charge in [-0.1, -0.05) is 42.5 Å². The van der Waals surface area contributed by atoms with E-state index in [1.54, 1.807) is 0 Å². The molecule has 120 valence electrons. The molecular formula is C20H24N2O. The van der Waals surface area contributed by atoms with E-state index in [-0.39, 0.29) is 0 Å². The molecule has 2 aliphatic heterocycles. The molecular weight excluding hydrogens is 284 g/mol. The smallest absolute Gasteiger partial charge is 0.236 e. The van der Waals surface area contributed by atoms with Crippen molar-refractivity contribution in [1.29, 1.82) is 0 Å². The second-order valence-electron chi connectivity index (χ2n) is 6.78. The van der Waals surface area contributed by atoms with Gasteiger partial charge in [0.15, 0.2) is 0 Å². The summed E-state index contributed by atoms with van der Waals surface area (Å²) < 4.78 is 0. The van der Waals surface area contributed by atoms with Gasteiger partial charge in [-0.2, -0.15) is 0 Å². The molecule has 0 spiro atoms. The summed E-state index contributed by atoms with van der Waals surface area (Å²) in [6.07, 6.45) is 4.67. The van der Waals surface area contributed by atoms with Gasteiger partial charge in [0.2, 0.25) is 5.91 Å². The molecule has 23 heavy (non-hydrogen) atoms. The average Bonchev–Trinajstić information content (AvgIpc) is 3.26. The summed E-state index contributed by atoms with van der Waals surface area (Å²) in [6.45, 7) is 3.51. The number of nitrogens with zero attached hydrogens (tertiary/aromatic N) is 2. The fourth-order valence-corrected chi connectivity index (χ4v) is 4.15. The van der Waals surface area contributed by atoms with Crippen LogP contribution < -0.4 is 0 Å². The molecule has 2 saturated heterocycles. The number of carbonyl (C=O) groups excluding carboxylic acids is 1. The van der Waals surface area contributed by atoms with Crippen LogP contribution in [0.5, 0.6) is 0 Å². The minimum absolute atomic E-state index is 0.314. The number of carbonyl (C=O) groups is 1. The van der Waals surface area contributed by atoms with Gasteiger partial charge in [-0.15, -0.1) is 0 Å². The lowest BCUT2D eigenvalue weighted by atomic mass is 9.97. The lowest BCUT2D eigenvalue weighted by Gasteiger charge is -2.27. The van der Waals surface area contributed by atoms with Crippen molar-refractivity contribution < 1.29 is 4.79 Å². The first-order valence-corrected chi connectivity index (χ1v) is 8.82. The van der Waals surface area contributed by atoms with Crippen LogP contribution in [0, 0.1) is 0 Å². The Bertz CT molecular complexity index is 700. The van der Waals surface area contributed by atoms with Crippen LogP contribution in [-0.2, 0) is 4.79 Å². The first-order chi connectivity index (χ1) is 11.3. The Labute approximate surface area is 137 Å². The number of amides is 1. The maximum atomic E-state index is 12.5. The quantitative estimate of drug-likeness (QED) is 0.865. The van der Waals surface area contributed by atoms with E-state index < -0.39 is 0 Å². The standard InChI is InChI=1S/C20H24N2O/c23-20(21-12-3-4-13-21)15-22-14-6-11-19(22)18-10-5-8-16-7-1-2-9-17(16)18/h1-2,5,7-10,19H,3-4,6,11-15H2. The molecule has 1 amide bonds. The van der Waals surface area contributed by atoms with Crippen LogP contribution >= 0.6 is 0 Å². The molecule has 1 atom stereocenters. The van der Waals surface area contributed by atoms with E-state index in [1.165, 1.54) is 35.6 Å². The van der Waals surface area contributed by atoms with Crippen molar-refractivity contribution in [3.05, 3.63) is 48.0 Å². The molecule has 2 aromatic rings. The fourth-order valence-electron chi connectivity index (χ4n) is 4.15. The lowest BCUT2D eigenvalue weighted by Crippen LogP contribution is -2.38. The summed E-state index contributed by atoms with van der Waals surface area (Å²) in [5.74, 6) is 0.314. The Kier molecular flexibility index (Phi) is 4.04. The van der Waals surface area contributed by atoms with Crippen molar-refractivity contribution in [2.24, 2.45) is 0 Å². The molecule has 3 heteroatoms. The van der Waals surface area contributed by atoms with Crippen molar-refractivity contribution in [3.8, 4) is 0 Å². The van der Waals surface area contributed by atoms with Crippen molar-refractivity contribution in [2.75, 3.05) is 26.2 Å². The average molecular weight is 308 g/mol. The molecule has 3 nitrogen and oxygen atoms in total. The van der Waals surface area contributed by atoms with Crippen LogP contribution in [0.15, 0.2) is 42.5 Å². The summed E-state index contributed by atoms with van der Waals surface area (Å²) >= 11 is 0. The van der Waals surface area contributed by atoms with E-state index in [1.807, 2.05) is 4.90 Å². The maximum absolute atomic E-state index is 12.5. The van der Waals surface area contributed by atoms with Crippen LogP contribution in [0.25, 0.3) is 10.8 Å². The molecule has 2 heterocycles. The first kappa shape index (κ1) is 14.7. The zero-order chi connectivity index (χ0) is 15.6. The van der Waals surface area contributed by atoms with E-state index in [4.69, 9.17) is 0 Å². The number of benzene rings is 2. The summed E-state index contributed by atoms with van der Waals surface area (Å²) in [4.78, 5) is 17.0. The second-order valence-corrected chi connectivity index (χ2v) is 6.78. The summed E-state index contributed by atoms with van der Waals surface area (Å²) in [6, 6.07) is 15.5. The molecule has 2 fully saturated rings. The Hall–Kier alpha value is -1.87. The van der Waals surface area contributed by atoms with Crippen molar-refractivity contribution in [1.82, 2.24) is 9.80 Å². The Morgan fingerprint density at radius 2 is 1.74 bits per heavy atom. The summed E-state index contributed by atoms with van der Waals surface area (Å²) in [5, 5.41) is 2.63. The number of hydrogen-bond donors (Lipinski definition) is 0. The predicted molar refractivity (Wildman–Crippen MR) is 93.3 cm³/mol. The zero-order valence-electron chi connectivity index (χ0n) is 13.6. The molecule has 0 radical (unpaired) electrons. The van der Waals surface area contributed by atoms with Gasteiger partial charge in [-0.05, 0) is 48.6 Å². The molecule has 0 N–H and O–H groups in total. The van der Waals surface area contributed by atoms with Crippen LogP contribution in [0.3, 0.4) is 0 Å². The van der Waals surface area contributed by atoms with Gasteiger partial charge in [-0.25, -0.2) is 0 Å². The maximum Gasteiger partial charge on any atom is 0.236 e. The van der Waals surface area contributed by atoms with Gasteiger partial charge >= 0.3 is 0 Å². The number of likely N-dealkylation sites (tertiary alicyclic amines) is 2. The Morgan fingerprint density at radius 3 is 2.61 bits per heavy atom. The minimum Gasteiger partial charge on any atom is -0.342 e. The van der Waals surface area contributed by atoms with Crippen molar-refractivity contribution in [2.45, 2.75) is 31.7 Å². The van der Waals surface area contributed by atoms with Crippen molar-refractivity contribution >= 4 is 16.7 Å².